The summed E-state index contributed by atoms with van der Waals surface area (Å²) in [5.41, 5.74) is 4.35. The number of amides is 2. The fourth-order valence-corrected chi connectivity index (χ4v) is 4.99. The molecule has 5 rings (SSSR count). The minimum absolute atomic E-state index is 0.0370. The molecule has 2 atom stereocenters. The third-order valence-corrected chi connectivity index (χ3v) is 7.23. The molecule has 2 aliphatic rings. The molecular formula is C30H37N5O4. The topological polar surface area (TPSA) is 99.8 Å². The van der Waals surface area contributed by atoms with E-state index in [1.165, 1.54) is 4.90 Å². The quantitative estimate of drug-likeness (QED) is 0.522. The van der Waals surface area contributed by atoms with Gasteiger partial charge >= 0.3 is 0 Å². The van der Waals surface area contributed by atoms with Gasteiger partial charge in [-0.3, -0.25) is 19.6 Å². The third-order valence-electron chi connectivity index (χ3n) is 7.23. The molecule has 2 amide bonds. The van der Waals surface area contributed by atoms with Gasteiger partial charge in [0, 0.05) is 43.4 Å². The molecule has 1 aromatic heterocycles. The number of fused-ring (bicyclic) bond motifs is 5. The van der Waals surface area contributed by atoms with E-state index in [4.69, 9.17) is 9.47 Å². The summed E-state index contributed by atoms with van der Waals surface area (Å²) < 4.78 is 12.5. The lowest BCUT2D eigenvalue weighted by atomic mass is 9.92. The number of nitrogens with zero attached hydrogens (tertiary/aromatic N) is 3. The van der Waals surface area contributed by atoms with E-state index in [-0.39, 0.29) is 35.9 Å². The molecule has 39 heavy (non-hydrogen) atoms. The second kappa shape index (κ2) is 10.8. The highest BCUT2D eigenvalue weighted by Gasteiger charge is 2.35. The average molecular weight is 532 g/mol. The number of hydrogen-bond acceptors (Lipinski definition) is 6. The van der Waals surface area contributed by atoms with E-state index in [1.54, 1.807) is 19.2 Å². The van der Waals surface area contributed by atoms with Crippen LogP contribution >= 0.6 is 0 Å². The predicted molar refractivity (Wildman–Crippen MR) is 148 cm³/mol. The van der Waals surface area contributed by atoms with E-state index in [2.05, 4.69) is 47.3 Å². The molecule has 3 aromatic rings. The molecule has 0 radical (unpaired) electrons. The van der Waals surface area contributed by atoms with Crippen molar-refractivity contribution in [2.45, 2.75) is 58.4 Å². The summed E-state index contributed by atoms with van der Waals surface area (Å²) in [5.74, 6) is 0.811. The second-order valence-electron chi connectivity index (χ2n) is 11.6. The van der Waals surface area contributed by atoms with Crippen LogP contribution in [0, 0.1) is 6.92 Å². The Bertz CT molecular complexity index is 1360. The van der Waals surface area contributed by atoms with Gasteiger partial charge < -0.3 is 19.7 Å². The fraction of sp³-hybridized carbons (Fsp3) is 0.433. The molecule has 2 aliphatic heterocycles. The van der Waals surface area contributed by atoms with Crippen molar-refractivity contribution in [1.29, 1.82) is 0 Å². The average Bonchev–Trinajstić information content (AvgIpc) is 3.50. The number of nitrogens with one attached hydrogen (secondary N) is 2. The van der Waals surface area contributed by atoms with Gasteiger partial charge in [0.25, 0.3) is 5.91 Å². The first-order valence-electron chi connectivity index (χ1n) is 13.4. The van der Waals surface area contributed by atoms with Gasteiger partial charge in [0.2, 0.25) is 5.91 Å². The van der Waals surface area contributed by atoms with Crippen LogP contribution in [-0.4, -0.2) is 70.6 Å². The highest BCUT2D eigenvalue weighted by Crippen LogP contribution is 2.28. The molecule has 4 bridgehead atoms. The Hall–Kier alpha value is -3.69. The summed E-state index contributed by atoms with van der Waals surface area (Å²) in [6, 6.07) is 15.0. The lowest BCUT2D eigenvalue weighted by Gasteiger charge is -2.23. The lowest BCUT2D eigenvalue weighted by Crippen LogP contribution is -2.48. The van der Waals surface area contributed by atoms with Crippen LogP contribution in [-0.2, 0) is 28.1 Å². The Morgan fingerprint density at radius 2 is 1.90 bits per heavy atom. The number of aromatic nitrogens is 2. The predicted octanol–water partition coefficient (Wildman–Crippen LogP) is 3.78. The van der Waals surface area contributed by atoms with Crippen molar-refractivity contribution in [3.05, 3.63) is 76.6 Å². The SMILES string of the molecule is Cc1ccc2cc1Oc1cccc(c1)CO[C@H]1CN(Cc3cc(C(C)(C)C)n[nH]3)C[C@@H]1NC(=O)CN(C)C2=O. The summed E-state index contributed by atoms with van der Waals surface area (Å²) in [6.45, 7) is 10.6. The number of benzene rings is 2. The third kappa shape index (κ3) is 6.32. The van der Waals surface area contributed by atoms with Crippen molar-refractivity contribution in [2.75, 3.05) is 26.7 Å². The molecule has 9 heteroatoms. The molecular weight excluding hydrogens is 494 g/mol. The zero-order chi connectivity index (χ0) is 27.7. The van der Waals surface area contributed by atoms with E-state index in [1.807, 2.05) is 37.3 Å². The van der Waals surface area contributed by atoms with Gasteiger partial charge in [-0.1, -0.05) is 39.0 Å². The standard InChI is InChI=1S/C30H37N5O4/c1-19-9-10-21-12-25(19)39-23-8-6-7-20(11-23)18-38-26-16-35(14-22-13-27(33-32-22)30(2,3)4)15-24(26)31-28(36)17-34(5)29(21)37/h6-13,24,26H,14-18H2,1-5H3,(H,31,36)(H,32,33)/t24-,26-/m0/s1. The van der Waals surface area contributed by atoms with Crippen molar-refractivity contribution >= 4 is 11.8 Å². The van der Waals surface area contributed by atoms with Crippen molar-refractivity contribution in [3.8, 4) is 11.5 Å². The van der Waals surface area contributed by atoms with Gasteiger partial charge in [0.05, 0.1) is 31.0 Å². The van der Waals surface area contributed by atoms with Crippen molar-refractivity contribution in [2.24, 2.45) is 0 Å². The summed E-state index contributed by atoms with van der Waals surface area (Å²) in [6.07, 6.45) is -0.215. The first-order chi connectivity index (χ1) is 18.5. The smallest absolute Gasteiger partial charge is 0.254 e. The van der Waals surface area contributed by atoms with E-state index in [0.717, 1.165) is 22.5 Å². The second-order valence-corrected chi connectivity index (χ2v) is 11.6. The minimum atomic E-state index is -0.245. The largest absolute Gasteiger partial charge is 0.457 e. The zero-order valence-corrected chi connectivity index (χ0v) is 23.3. The van der Waals surface area contributed by atoms with Crippen LogP contribution in [0.25, 0.3) is 0 Å². The lowest BCUT2D eigenvalue weighted by molar-refractivity contribution is -0.123. The molecule has 9 nitrogen and oxygen atoms in total. The molecule has 0 unspecified atom stereocenters. The maximum atomic E-state index is 13.1. The monoisotopic (exact) mass is 531 g/mol. The number of ether oxygens (including phenoxy) is 2. The summed E-state index contributed by atoms with van der Waals surface area (Å²) in [7, 11) is 1.63. The Kier molecular flexibility index (Phi) is 7.46. The van der Waals surface area contributed by atoms with Gasteiger partial charge in [0.1, 0.15) is 11.5 Å². The number of carbonyl (C=O) groups is 2. The first kappa shape index (κ1) is 26.9. The molecule has 0 aliphatic carbocycles. The fourth-order valence-electron chi connectivity index (χ4n) is 4.99. The van der Waals surface area contributed by atoms with Crippen molar-refractivity contribution < 1.29 is 19.1 Å². The van der Waals surface area contributed by atoms with Crippen LogP contribution < -0.4 is 10.1 Å². The number of H-pyrrole nitrogens is 1. The maximum Gasteiger partial charge on any atom is 0.254 e. The molecule has 206 valence electrons. The van der Waals surface area contributed by atoms with Crippen molar-refractivity contribution in [3.63, 3.8) is 0 Å². The Labute approximate surface area is 229 Å². The van der Waals surface area contributed by atoms with Gasteiger partial charge in [-0.25, -0.2) is 0 Å². The van der Waals surface area contributed by atoms with Gasteiger partial charge in [-0.15, -0.1) is 0 Å². The maximum absolute atomic E-state index is 13.1. The van der Waals surface area contributed by atoms with Crippen LogP contribution in [0.3, 0.4) is 0 Å². The Morgan fingerprint density at radius 1 is 1.08 bits per heavy atom. The van der Waals surface area contributed by atoms with Gasteiger partial charge in [-0.2, -0.15) is 5.10 Å². The number of aromatic amines is 1. The van der Waals surface area contributed by atoms with E-state index >= 15 is 0 Å². The number of carbonyl (C=O) groups excluding carboxylic acids is 2. The molecule has 1 saturated heterocycles. The highest BCUT2D eigenvalue weighted by molar-refractivity contribution is 5.96. The van der Waals surface area contributed by atoms with Crippen LogP contribution in [0.15, 0.2) is 48.5 Å². The normalized spacial score (nSPS) is 20.9. The van der Waals surface area contributed by atoms with E-state index in [9.17, 15) is 9.59 Å². The van der Waals surface area contributed by atoms with Crippen molar-refractivity contribution in [1.82, 2.24) is 25.3 Å². The Balaban J connectivity index is 1.38. The molecule has 2 N–H and O–H groups in total. The van der Waals surface area contributed by atoms with E-state index < -0.39 is 0 Å². The number of hydrogen-bond donors (Lipinski definition) is 2. The number of likely N-dealkylation sites (N-methyl/N-ethyl adjacent to an activating group) is 1. The minimum Gasteiger partial charge on any atom is -0.457 e. The van der Waals surface area contributed by atoms with Crippen LogP contribution in [0.1, 0.15) is 53.6 Å². The van der Waals surface area contributed by atoms with E-state index in [0.29, 0.717) is 43.3 Å². The van der Waals surface area contributed by atoms with Gasteiger partial charge in [-0.05, 0) is 48.4 Å². The molecule has 1 fully saturated rings. The highest BCUT2D eigenvalue weighted by atomic mass is 16.5. The Morgan fingerprint density at radius 3 is 2.67 bits per heavy atom. The number of aryl methyl sites for hydroxylation is 1. The van der Waals surface area contributed by atoms with Crippen LogP contribution in [0.5, 0.6) is 11.5 Å². The van der Waals surface area contributed by atoms with Crippen LogP contribution in [0.4, 0.5) is 0 Å². The van der Waals surface area contributed by atoms with Gasteiger partial charge in [0.15, 0.2) is 0 Å². The number of likely N-dealkylation sites (tertiary alicyclic amines) is 1. The molecule has 0 saturated carbocycles. The molecule has 0 spiro atoms. The number of rotatable bonds is 2. The molecule has 2 aromatic carbocycles. The first-order valence-corrected chi connectivity index (χ1v) is 13.4. The zero-order valence-electron chi connectivity index (χ0n) is 23.3. The summed E-state index contributed by atoms with van der Waals surface area (Å²) >= 11 is 0. The van der Waals surface area contributed by atoms with Crippen LogP contribution in [0.2, 0.25) is 0 Å². The summed E-state index contributed by atoms with van der Waals surface area (Å²) in [5, 5.41) is 10.8. The molecule has 3 heterocycles. The summed E-state index contributed by atoms with van der Waals surface area (Å²) in [4.78, 5) is 29.9.